The molecule has 5 atom stereocenters. The van der Waals surface area contributed by atoms with Crippen LogP contribution in [0, 0.1) is 0 Å². The minimum Gasteiger partial charge on any atom is -0.494 e. The highest BCUT2D eigenvalue weighted by atomic mass is 35.5. The summed E-state index contributed by atoms with van der Waals surface area (Å²) in [6.45, 7) is 3.39. The molecule has 0 amide bonds. The zero-order chi connectivity index (χ0) is 41.0. The summed E-state index contributed by atoms with van der Waals surface area (Å²) in [6.07, 6.45) is -3.05. The van der Waals surface area contributed by atoms with Gasteiger partial charge in [-0.25, -0.2) is 4.79 Å². The summed E-state index contributed by atoms with van der Waals surface area (Å²) in [4.78, 5) is 27.1. The molecule has 6 rings (SSSR count). The number of carbonyl (C=O) groups is 2. The average Bonchev–Trinajstić information content (AvgIpc) is 3.26. The molecule has 0 spiro atoms. The first-order valence-electron chi connectivity index (χ1n) is 19.2. The van der Waals surface area contributed by atoms with E-state index in [1.54, 1.807) is 12.1 Å². The van der Waals surface area contributed by atoms with E-state index in [0.29, 0.717) is 23.6 Å². The number of hydrogen-bond acceptors (Lipinski definition) is 10. The molecule has 1 saturated heterocycles. The van der Waals surface area contributed by atoms with Gasteiger partial charge in [-0.15, -0.1) is 0 Å². The Morgan fingerprint density at radius 2 is 1.24 bits per heavy atom. The lowest BCUT2D eigenvalue weighted by molar-refractivity contribution is -0.406. The molecule has 0 N–H and O–H groups in total. The van der Waals surface area contributed by atoms with E-state index in [2.05, 4.69) is 0 Å². The van der Waals surface area contributed by atoms with E-state index in [1.807, 2.05) is 128 Å². The summed E-state index contributed by atoms with van der Waals surface area (Å²) in [5.74, 6) is -2.66. The Hall–Kier alpha value is -5.07. The van der Waals surface area contributed by atoms with Gasteiger partial charge >= 0.3 is 11.9 Å². The number of esters is 2. The Morgan fingerprint density at radius 3 is 1.76 bits per heavy atom. The lowest BCUT2D eigenvalue weighted by atomic mass is 9.80. The summed E-state index contributed by atoms with van der Waals surface area (Å²) in [5.41, 5.74) is 2.59. The second kappa shape index (κ2) is 20.1. The van der Waals surface area contributed by atoms with E-state index in [0.717, 1.165) is 33.6 Å². The van der Waals surface area contributed by atoms with Gasteiger partial charge in [0.15, 0.2) is 0 Å². The second-order valence-electron chi connectivity index (χ2n) is 13.9. The molecule has 0 aliphatic carbocycles. The Labute approximate surface area is 344 Å². The van der Waals surface area contributed by atoms with Crippen LogP contribution in [0.4, 0.5) is 0 Å². The lowest BCUT2D eigenvalue weighted by Crippen LogP contribution is -2.74. The van der Waals surface area contributed by atoms with Crippen molar-refractivity contribution in [3.63, 3.8) is 0 Å². The molecule has 58 heavy (non-hydrogen) atoms. The fourth-order valence-corrected chi connectivity index (χ4v) is 7.33. The van der Waals surface area contributed by atoms with Crippen molar-refractivity contribution in [1.29, 1.82) is 0 Å². The number of methoxy groups -OCH3 is 2. The van der Waals surface area contributed by atoms with Crippen LogP contribution >= 0.6 is 11.6 Å². The summed E-state index contributed by atoms with van der Waals surface area (Å²) in [6, 6.07) is 41.9. The van der Waals surface area contributed by atoms with Crippen LogP contribution in [-0.2, 0) is 74.8 Å². The Kier molecular flexibility index (Phi) is 14.7. The van der Waals surface area contributed by atoms with Crippen LogP contribution in [0.3, 0.4) is 0 Å². The van der Waals surface area contributed by atoms with Crippen molar-refractivity contribution < 1.29 is 47.5 Å². The van der Waals surface area contributed by atoms with Crippen LogP contribution < -0.4 is 4.74 Å². The lowest BCUT2D eigenvalue weighted by Gasteiger charge is -2.55. The Balaban J connectivity index is 1.54. The smallest absolute Gasteiger partial charge is 0.344 e. The minimum absolute atomic E-state index is 0.0391. The zero-order valence-electron chi connectivity index (χ0n) is 33.1. The predicted molar refractivity (Wildman–Crippen MR) is 218 cm³/mol. The van der Waals surface area contributed by atoms with Gasteiger partial charge in [-0.1, -0.05) is 121 Å². The molecular formula is C47H49ClO10. The molecule has 0 saturated carbocycles. The van der Waals surface area contributed by atoms with Crippen molar-refractivity contribution in [2.75, 3.05) is 27.4 Å². The first kappa shape index (κ1) is 42.5. The van der Waals surface area contributed by atoms with Crippen LogP contribution in [-0.4, -0.2) is 63.3 Å². The monoisotopic (exact) mass is 808 g/mol. The molecule has 0 unspecified atom stereocenters. The van der Waals surface area contributed by atoms with Crippen molar-refractivity contribution in [2.45, 2.75) is 69.8 Å². The molecule has 5 aromatic rings. The van der Waals surface area contributed by atoms with E-state index in [1.165, 1.54) is 21.1 Å². The van der Waals surface area contributed by atoms with Crippen molar-refractivity contribution >= 4 is 23.5 Å². The molecule has 1 heterocycles. The molecular weight excluding hydrogens is 760 g/mol. The van der Waals surface area contributed by atoms with E-state index in [-0.39, 0.29) is 19.8 Å². The Morgan fingerprint density at radius 1 is 0.690 bits per heavy atom. The summed E-state index contributed by atoms with van der Waals surface area (Å²) in [5, 5.41) is 0.501. The van der Waals surface area contributed by atoms with Crippen LogP contribution in [0.5, 0.6) is 5.75 Å². The largest absolute Gasteiger partial charge is 0.494 e. The van der Waals surface area contributed by atoms with Crippen molar-refractivity contribution in [1.82, 2.24) is 0 Å². The maximum absolute atomic E-state index is 14.5. The molecule has 304 valence electrons. The molecule has 0 radical (unpaired) electrons. The average molecular weight is 809 g/mol. The molecule has 1 aliphatic rings. The topological polar surface area (TPSA) is 108 Å². The van der Waals surface area contributed by atoms with E-state index in [4.69, 9.17) is 49.5 Å². The molecule has 0 aromatic heterocycles. The fourth-order valence-electron chi connectivity index (χ4n) is 7.15. The molecule has 5 aromatic carbocycles. The van der Waals surface area contributed by atoms with Crippen LogP contribution in [0.2, 0.25) is 5.02 Å². The fraction of sp³-hybridized carbons (Fsp3) is 0.319. The standard InChI is InChI=1S/C47H49ClO10/c1-5-53-40-24-21-34(22-25-40)27-38-28-39(23-26-41(38)48)47(52-4)44(56-31-37-19-13-8-14-20-37)42(54-29-35-15-9-6-10-16-35)43(55-30-36-17-11-7-12-18-36)46(58-47,45(50)51-3)32-57-33(2)49/h6-26,28,42-44H,5,27,29-32H2,1-4H3/t42-,43-,44+,46+,47-/m0/s1. The first-order chi connectivity index (χ1) is 28.2. The van der Waals surface area contributed by atoms with Gasteiger partial charge < -0.3 is 37.9 Å². The van der Waals surface area contributed by atoms with Gasteiger partial charge in [0, 0.05) is 24.6 Å². The molecule has 0 bridgehead atoms. The SMILES string of the molecule is CCOc1ccc(Cc2cc([C@]3(OC)O[C@@](COC(C)=O)(C(=O)OC)[C@@H](OCc4ccccc4)[C@H](OCc4ccccc4)[C@H]3OCc3ccccc3)ccc2Cl)cc1. The number of carbonyl (C=O) groups excluding carboxylic acids is 2. The summed E-state index contributed by atoms with van der Waals surface area (Å²) in [7, 11) is 2.70. The quantitative estimate of drug-likeness (QED) is 0.0802. The van der Waals surface area contributed by atoms with E-state index in [9.17, 15) is 9.59 Å². The van der Waals surface area contributed by atoms with Gasteiger partial charge in [0.2, 0.25) is 11.4 Å². The number of halogens is 1. The Bertz CT molecular complexity index is 2060. The highest BCUT2D eigenvalue weighted by Crippen LogP contribution is 2.49. The van der Waals surface area contributed by atoms with Crippen LogP contribution in [0.25, 0.3) is 0 Å². The van der Waals surface area contributed by atoms with E-state index >= 15 is 0 Å². The van der Waals surface area contributed by atoms with Gasteiger partial charge in [-0.2, -0.15) is 0 Å². The third-order valence-corrected chi connectivity index (χ3v) is 10.4. The van der Waals surface area contributed by atoms with Crippen LogP contribution in [0.15, 0.2) is 133 Å². The first-order valence-corrected chi connectivity index (χ1v) is 19.5. The molecule has 1 fully saturated rings. The zero-order valence-corrected chi connectivity index (χ0v) is 33.9. The number of rotatable bonds is 18. The highest BCUT2D eigenvalue weighted by Gasteiger charge is 2.68. The van der Waals surface area contributed by atoms with Crippen molar-refractivity contribution in [2.24, 2.45) is 0 Å². The van der Waals surface area contributed by atoms with Gasteiger partial charge in [0.25, 0.3) is 0 Å². The minimum atomic E-state index is -2.14. The predicted octanol–water partition coefficient (Wildman–Crippen LogP) is 8.39. The van der Waals surface area contributed by atoms with Gasteiger partial charge in [-0.05, 0) is 65.4 Å². The summed E-state index contributed by atoms with van der Waals surface area (Å²) < 4.78 is 51.0. The third-order valence-electron chi connectivity index (χ3n) is 10.00. The normalized spacial score (nSPS) is 21.6. The van der Waals surface area contributed by atoms with Crippen molar-refractivity contribution in [3.05, 3.63) is 172 Å². The van der Waals surface area contributed by atoms with E-state index < -0.39 is 48.2 Å². The maximum atomic E-state index is 14.5. The highest BCUT2D eigenvalue weighted by molar-refractivity contribution is 6.31. The van der Waals surface area contributed by atoms with Gasteiger partial charge in [0.05, 0.1) is 33.5 Å². The third kappa shape index (κ3) is 9.96. The van der Waals surface area contributed by atoms with Crippen LogP contribution in [0.1, 0.15) is 47.2 Å². The van der Waals surface area contributed by atoms with Gasteiger partial charge in [0.1, 0.15) is 30.7 Å². The van der Waals surface area contributed by atoms with Gasteiger partial charge in [-0.3, -0.25) is 4.79 Å². The number of benzene rings is 5. The maximum Gasteiger partial charge on any atom is 0.344 e. The molecule has 1 aliphatic heterocycles. The number of ether oxygens (including phenoxy) is 8. The van der Waals surface area contributed by atoms with Crippen molar-refractivity contribution in [3.8, 4) is 5.75 Å². The number of hydrogen-bond donors (Lipinski definition) is 0. The molecule has 11 heteroatoms. The second-order valence-corrected chi connectivity index (χ2v) is 14.3. The molecule has 10 nitrogen and oxygen atoms in total. The summed E-state index contributed by atoms with van der Waals surface area (Å²) >= 11 is 6.90.